The van der Waals surface area contributed by atoms with Gasteiger partial charge in [-0.05, 0) is 55.7 Å². The zero-order valence-corrected chi connectivity index (χ0v) is 21.0. The van der Waals surface area contributed by atoms with Crippen LogP contribution in [0.4, 0.5) is 5.95 Å². The first-order chi connectivity index (χ1) is 18.1. The first-order valence-electron chi connectivity index (χ1n) is 12.3. The van der Waals surface area contributed by atoms with E-state index in [1.165, 1.54) is 17.4 Å². The normalized spacial score (nSPS) is 16.1. The van der Waals surface area contributed by atoms with Crippen LogP contribution >= 0.6 is 11.3 Å². The van der Waals surface area contributed by atoms with Gasteiger partial charge in [0.2, 0.25) is 11.9 Å². The molecule has 0 bridgehead atoms. The number of benzene rings is 1. The molecule has 1 aliphatic rings. The summed E-state index contributed by atoms with van der Waals surface area (Å²) in [6.07, 6.45) is 9.43. The van der Waals surface area contributed by atoms with Gasteiger partial charge in [-0.1, -0.05) is 18.7 Å². The Hall–Kier alpha value is -4.24. The van der Waals surface area contributed by atoms with Crippen molar-refractivity contribution in [2.24, 2.45) is 0 Å². The maximum Gasteiger partial charge on any atom is 0.268 e. The first kappa shape index (κ1) is 23.2. The molecule has 1 aromatic carbocycles. The van der Waals surface area contributed by atoms with Gasteiger partial charge < -0.3 is 14.5 Å². The number of pyridine rings is 1. The van der Waals surface area contributed by atoms with Crippen LogP contribution in [-0.2, 0) is 4.79 Å². The van der Waals surface area contributed by atoms with E-state index in [1.54, 1.807) is 6.20 Å². The smallest absolute Gasteiger partial charge is 0.268 e. The van der Waals surface area contributed by atoms with E-state index < -0.39 is 0 Å². The second-order valence-corrected chi connectivity index (χ2v) is 10.2. The molecule has 2 N–H and O–H groups in total. The third-order valence-corrected chi connectivity index (χ3v) is 8.06. The van der Waals surface area contributed by atoms with Crippen LogP contribution in [0.3, 0.4) is 0 Å². The fourth-order valence-corrected chi connectivity index (χ4v) is 6.06. The number of imidazole rings is 1. The van der Waals surface area contributed by atoms with E-state index in [0.29, 0.717) is 23.9 Å². The second-order valence-electron chi connectivity index (χ2n) is 9.15. The number of hydrogen-bond donors (Lipinski definition) is 2. The number of amides is 2. The molecule has 0 saturated carbocycles. The highest BCUT2D eigenvalue weighted by Crippen LogP contribution is 2.34. The Morgan fingerprint density at radius 3 is 2.89 bits per heavy atom. The Kier molecular flexibility index (Phi) is 6.05. The highest BCUT2D eigenvalue weighted by atomic mass is 32.1. The number of hydrogen-bond acceptors (Lipinski definition) is 5. The summed E-state index contributed by atoms with van der Waals surface area (Å²) < 4.78 is 2.13. The van der Waals surface area contributed by atoms with Gasteiger partial charge in [0, 0.05) is 47.4 Å². The van der Waals surface area contributed by atoms with E-state index in [2.05, 4.69) is 26.4 Å². The van der Waals surface area contributed by atoms with E-state index in [1.807, 2.05) is 59.8 Å². The van der Waals surface area contributed by atoms with Crippen LogP contribution in [0.15, 0.2) is 73.7 Å². The molecule has 9 heteroatoms. The third kappa shape index (κ3) is 4.31. The van der Waals surface area contributed by atoms with Crippen molar-refractivity contribution in [2.75, 3.05) is 18.4 Å². The Bertz CT molecular complexity index is 1630. The predicted molar refractivity (Wildman–Crippen MR) is 147 cm³/mol. The van der Waals surface area contributed by atoms with Crippen LogP contribution in [0.1, 0.15) is 35.0 Å². The molecule has 5 aromatic rings. The largest absolute Gasteiger partial charge is 0.360 e. The molecular weight excluding hydrogens is 484 g/mol. The summed E-state index contributed by atoms with van der Waals surface area (Å²) in [5.74, 6) is 0.298. The lowest BCUT2D eigenvalue weighted by Crippen LogP contribution is -2.30. The SMILES string of the molecule is C=CC(=O)N1CCC[C@@H](n2c(NC(=O)c3ccc(-c4cncc5[nH]ccc45)s3)nc3ccccc32)CC1. The van der Waals surface area contributed by atoms with Crippen molar-refractivity contribution in [1.29, 1.82) is 0 Å². The molecule has 1 saturated heterocycles. The zero-order valence-electron chi connectivity index (χ0n) is 20.2. The highest BCUT2D eigenvalue weighted by Gasteiger charge is 2.25. The molecule has 0 unspecified atom stereocenters. The van der Waals surface area contributed by atoms with Gasteiger partial charge in [0.15, 0.2) is 0 Å². The summed E-state index contributed by atoms with van der Waals surface area (Å²) >= 11 is 1.43. The van der Waals surface area contributed by atoms with Gasteiger partial charge in [-0.15, -0.1) is 11.3 Å². The average molecular weight is 511 g/mol. The van der Waals surface area contributed by atoms with Crippen LogP contribution in [0.25, 0.3) is 32.4 Å². The highest BCUT2D eigenvalue weighted by molar-refractivity contribution is 7.17. The molecule has 1 aliphatic heterocycles. The molecule has 1 atom stereocenters. The minimum Gasteiger partial charge on any atom is -0.360 e. The third-order valence-electron chi connectivity index (χ3n) is 6.94. The quantitative estimate of drug-likeness (QED) is 0.300. The number of carbonyl (C=O) groups is 2. The van der Waals surface area contributed by atoms with Gasteiger partial charge in [0.05, 0.1) is 27.6 Å². The molecule has 0 spiro atoms. The first-order valence-corrected chi connectivity index (χ1v) is 13.1. The van der Waals surface area contributed by atoms with Gasteiger partial charge >= 0.3 is 0 Å². The molecule has 6 rings (SSSR count). The molecule has 0 aliphatic carbocycles. The van der Waals surface area contributed by atoms with Crippen LogP contribution in [-0.4, -0.2) is 49.3 Å². The van der Waals surface area contributed by atoms with Crippen LogP contribution in [0, 0.1) is 0 Å². The molecule has 5 heterocycles. The lowest BCUT2D eigenvalue weighted by molar-refractivity contribution is -0.125. The Labute approximate surface area is 217 Å². The lowest BCUT2D eigenvalue weighted by atomic mass is 10.1. The van der Waals surface area contributed by atoms with Crippen molar-refractivity contribution in [3.63, 3.8) is 0 Å². The number of thiophene rings is 1. The molecule has 0 radical (unpaired) electrons. The summed E-state index contributed by atoms with van der Waals surface area (Å²) in [4.78, 5) is 41.3. The number of likely N-dealkylation sites (tertiary alicyclic amines) is 1. The number of carbonyl (C=O) groups excluding carboxylic acids is 2. The molecule has 186 valence electrons. The summed E-state index contributed by atoms with van der Waals surface area (Å²) in [5.41, 5.74) is 3.76. The summed E-state index contributed by atoms with van der Waals surface area (Å²) in [5, 5.41) is 4.15. The number of nitrogens with zero attached hydrogens (tertiary/aromatic N) is 4. The lowest BCUT2D eigenvalue weighted by Gasteiger charge is -2.21. The standard InChI is InChI=1S/C28H26N6O2S/c1-2-26(35)33-14-5-6-18(12-15-33)34-23-8-4-3-7-21(23)31-28(34)32-27(36)25-10-9-24(37-25)20-16-29-17-22-19(20)11-13-30-22/h2-4,7-11,13,16-18,30H,1,5-6,12,14-15H2,(H,31,32,36)/t18-/m1/s1. The van der Waals surface area contributed by atoms with Crippen molar-refractivity contribution in [3.8, 4) is 10.4 Å². The van der Waals surface area contributed by atoms with Gasteiger partial charge in [0.1, 0.15) is 0 Å². The Morgan fingerprint density at radius 1 is 1.11 bits per heavy atom. The maximum atomic E-state index is 13.4. The fraction of sp³-hybridized carbons (Fsp3) is 0.214. The van der Waals surface area contributed by atoms with E-state index in [-0.39, 0.29) is 17.9 Å². The Balaban J connectivity index is 1.29. The van der Waals surface area contributed by atoms with Crippen molar-refractivity contribution in [3.05, 3.63) is 78.6 Å². The summed E-state index contributed by atoms with van der Waals surface area (Å²) in [6, 6.07) is 13.9. The van der Waals surface area contributed by atoms with E-state index in [0.717, 1.165) is 51.6 Å². The number of rotatable bonds is 5. The van der Waals surface area contributed by atoms with Crippen molar-refractivity contribution < 1.29 is 9.59 Å². The van der Waals surface area contributed by atoms with Gasteiger partial charge in [-0.3, -0.25) is 19.9 Å². The van der Waals surface area contributed by atoms with E-state index in [9.17, 15) is 9.59 Å². The van der Waals surface area contributed by atoms with Gasteiger partial charge in [-0.2, -0.15) is 0 Å². The number of nitrogens with one attached hydrogen (secondary N) is 2. The number of para-hydroxylation sites is 2. The molecule has 8 nitrogen and oxygen atoms in total. The molecule has 1 fully saturated rings. The van der Waals surface area contributed by atoms with Crippen molar-refractivity contribution in [1.82, 2.24) is 24.4 Å². The molecule has 4 aromatic heterocycles. The predicted octanol–water partition coefficient (Wildman–Crippen LogP) is 5.63. The monoisotopic (exact) mass is 510 g/mol. The molecule has 37 heavy (non-hydrogen) atoms. The fourth-order valence-electron chi connectivity index (χ4n) is 5.13. The van der Waals surface area contributed by atoms with Crippen LogP contribution in [0.2, 0.25) is 0 Å². The number of aromatic nitrogens is 4. The maximum absolute atomic E-state index is 13.4. The minimum atomic E-state index is -0.195. The van der Waals surface area contributed by atoms with Gasteiger partial charge in [-0.25, -0.2) is 4.98 Å². The van der Waals surface area contributed by atoms with Crippen molar-refractivity contribution in [2.45, 2.75) is 25.3 Å². The Morgan fingerprint density at radius 2 is 2.00 bits per heavy atom. The number of H-pyrrole nitrogens is 1. The molecular formula is C28H26N6O2S. The van der Waals surface area contributed by atoms with Gasteiger partial charge in [0.25, 0.3) is 5.91 Å². The van der Waals surface area contributed by atoms with E-state index in [4.69, 9.17) is 4.98 Å². The average Bonchev–Trinajstić information content (AvgIpc) is 3.63. The number of anilines is 1. The second kappa shape index (κ2) is 9.67. The zero-order chi connectivity index (χ0) is 25.4. The number of aromatic amines is 1. The summed E-state index contributed by atoms with van der Waals surface area (Å²) in [6.45, 7) is 4.97. The van der Waals surface area contributed by atoms with Crippen LogP contribution < -0.4 is 5.32 Å². The topological polar surface area (TPSA) is 95.9 Å². The minimum absolute atomic E-state index is 0.0382. The summed E-state index contributed by atoms with van der Waals surface area (Å²) in [7, 11) is 0. The molecule has 2 amide bonds. The number of fused-ring (bicyclic) bond motifs is 2. The van der Waals surface area contributed by atoms with Crippen molar-refractivity contribution >= 4 is 51.0 Å². The van der Waals surface area contributed by atoms with E-state index >= 15 is 0 Å². The van der Waals surface area contributed by atoms with Crippen LogP contribution in [0.5, 0.6) is 0 Å².